The Morgan fingerprint density at radius 1 is 0.500 bits per heavy atom. The van der Waals surface area contributed by atoms with Gasteiger partial charge in [-0.3, -0.25) is 0 Å². The van der Waals surface area contributed by atoms with E-state index in [1.807, 2.05) is 0 Å². The number of hydrogen-bond acceptors (Lipinski definition) is 0. The lowest BCUT2D eigenvalue weighted by Crippen LogP contribution is -1.84. The van der Waals surface area contributed by atoms with Gasteiger partial charge in [-0.2, -0.15) is 0 Å². The molecule has 1 aromatic carbocycles. The van der Waals surface area contributed by atoms with Crippen molar-refractivity contribution in [2.45, 2.75) is 129 Å². The third kappa shape index (κ3) is 17.1. The highest BCUT2D eigenvalue weighted by molar-refractivity contribution is 5.48. The van der Waals surface area contributed by atoms with Crippen LogP contribution in [-0.2, 0) is 0 Å². The minimum absolute atomic E-state index is 1.23. The van der Waals surface area contributed by atoms with Crippen molar-refractivity contribution in [1.82, 2.24) is 0 Å². The summed E-state index contributed by atoms with van der Waals surface area (Å²) in [6, 6.07) is 10.6. The van der Waals surface area contributed by atoms with Gasteiger partial charge < -0.3 is 0 Å². The molecule has 0 saturated carbocycles. The molecule has 0 nitrogen and oxygen atoms in total. The summed E-state index contributed by atoms with van der Waals surface area (Å²) in [4.78, 5) is 0. The van der Waals surface area contributed by atoms with E-state index in [9.17, 15) is 0 Å². The van der Waals surface area contributed by atoms with Crippen LogP contribution in [0.1, 0.15) is 134 Å². The molecule has 0 spiro atoms. The molecule has 0 heterocycles. The predicted octanol–water partition coefficient (Wildman–Crippen LogP) is 10.1. The van der Waals surface area contributed by atoms with Gasteiger partial charge in [0.05, 0.1) is 0 Å². The molecule has 28 heavy (non-hydrogen) atoms. The van der Waals surface area contributed by atoms with E-state index in [0.29, 0.717) is 0 Å². The van der Waals surface area contributed by atoms with E-state index in [2.05, 4.69) is 49.4 Å². The fourth-order valence-electron chi connectivity index (χ4n) is 3.95. The van der Waals surface area contributed by atoms with Crippen LogP contribution >= 0.6 is 0 Å². The summed E-state index contributed by atoms with van der Waals surface area (Å²) < 4.78 is 0. The molecule has 0 aromatic heterocycles. The Morgan fingerprint density at radius 3 is 1.32 bits per heavy atom. The van der Waals surface area contributed by atoms with E-state index in [-0.39, 0.29) is 0 Å². The lowest BCUT2D eigenvalue weighted by molar-refractivity contribution is 0.525. The van der Waals surface area contributed by atoms with Gasteiger partial charge in [0, 0.05) is 0 Å². The van der Waals surface area contributed by atoms with Gasteiger partial charge in [-0.05, 0) is 18.4 Å². The van der Waals surface area contributed by atoms with Crippen molar-refractivity contribution in [3.8, 4) is 0 Å². The minimum atomic E-state index is 1.23. The van der Waals surface area contributed by atoms with Crippen LogP contribution in [0.4, 0.5) is 0 Å². The Kier molecular flexibility index (Phi) is 18.5. The third-order valence-electron chi connectivity index (χ3n) is 5.83. The van der Waals surface area contributed by atoms with Crippen molar-refractivity contribution >= 4 is 6.08 Å². The Balaban J connectivity index is 1.70. The molecule has 0 saturated heterocycles. The van der Waals surface area contributed by atoms with Gasteiger partial charge in [0.2, 0.25) is 0 Å². The second-order valence-corrected chi connectivity index (χ2v) is 8.61. The summed E-state index contributed by atoms with van der Waals surface area (Å²) in [6.07, 6.45) is 31.9. The molecule has 1 rings (SSSR count). The van der Waals surface area contributed by atoms with Crippen LogP contribution in [-0.4, -0.2) is 0 Å². The normalized spacial score (nSPS) is 11.5. The van der Waals surface area contributed by atoms with Gasteiger partial charge in [0.25, 0.3) is 0 Å². The Hall–Kier alpha value is -1.04. The molecule has 0 aliphatic carbocycles. The standard InChI is InChI=1S/C28H48/c1-2-3-4-5-6-7-8-9-10-11-12-13-14-15-16-17-18-19-20-22-25-28-26-23-21-24-27-28/h21-27H,2-20H2,1H3. The molecule has 0 aliphatic heterocycles. The SMILES string of the molecule is CCCCCCCCCCCCCCCCCCCCC=Cc1ccccc1. The molecule has 0 atom stereocenters. The highest BCUT2D eigenvalue weighted by Gasteiger charge is 1.95. The van der Waals surface area contributed by atoms with E-state index in [0.717, 1.165) is 0 Å². The van der Waals surface area contributed by atoms with Crippen molar-refractivity contribution in [2.24, 2.45) is 0 Å². The average molecular weight is 385 g/mol. The molecule has 0 aliphatic rings. The van der Waals surface area contributed by atoms with E-state index in [1.165, 1.54) is 128 Å². The highest BCUT2D eigenvalue weighted by Crippen LogP contribution is 2.14. The number of rotatable bonds is 20. The van der Waals surface area contributed by atoms with Gasteiger partial charge in [0.15, 0.2) is 0 Å². The second kappa shape index (κ2) is 20.7. The van der Waals surface area contributed by atoms with E-state index >= 15 is 0 Å². The first-order valence-electron chi connectivity index (χ1n) is 12.6. The minimum Gasteiger partial charge on any atom is -0.0839 e. The molecule has 0 fully saturated rings. The smallest absolute Gasteiger partial charge is 0.0260 e. The highest BCUT2D eigenvalue weighted by atomic mass is 14.0. The van der Waals surface area contributed by atoms with Gasteiger partial charge in [-0.1, -0.05) is 159 Å². The maximum atomic E-state index is 2.34. The van der Waals surface area contributed by atoms with Crippen molar-refractivity contribution in [3.63, 3.8) is 0 Å². The maximum absolute atomic E-state index is 2.34. The Bertz CT molecular complexity index is 431. The van der Waals surface area contributed by atoms with Crippen molar-refractivity contribution in [3.05, 3.63) is 42.0 Å². The van der Waals surface area contributed by atoms with Crippen LogP contribution in [0.3, 0.4) is 0 Å². The summed E-state index contributed by atoms with van der Waals surface area (Å²) >= 11 is 0. The quantitative estimate of drug-likeness (QED) is 0.196. The van der Waals surface area contributed by atoms with Crippen LogP contribution in [0, 0.1) is 0 Å². The molecule has 0 unspecified atom stereocenters. The monoisotopic (exact) mass is 384 g/mol. The lowest BCUT2D eigenvalue weighted by atomic mass is 10.0. The Labute approximate surface area is 177 Å². The molecule has 0 heteroatoms. The molecule has 0 bridgehead atoms. The zero-order valence-corrected chi connectivity index (χ0v) is 19.0. The van der Waals surface area contributed by atoms with E-state index < -0.39 is 0 Å². The zero-order chi connectivity index (χ0) is 20.0. The van der Waals surface area contributed by atoms with Gasteiger partial charge >= 0.3 is 0 Å². The number of allylic oxidation sites excluding steroid dienone is 1. The van der Waals surface area contributed by atoms with Crippen LogP contribution in [0.2, 0.25) is 0 Å². The fourth-order valence-corrected chi connectivity index (χ4v) is 3.95. The lowest BCUT2D eigenvalue weighted by Gasteiger charge is -2.03. The van der Waals surface area contributed by atoms with E-state index in [4.69, 9.17) is 0 Å². The predicted molar refractivity (Wildman–Crippen MR) is 129 cm³/mol. The van der Waals surface area contributed by atoms with Crippen molar-refractivity contribution in [1.29, 1.82) is 0 Å². The third-order valence-corrected chi connectivity index (χ3v) is 5.83. The first-order valence-corrected chi connectivity index (χ1v) is 12.6. The number of hydrogen-bond donors (Lipinski definition) is 0. The largest absolute Gasteiger partial charge is 0.0839 e. The Morgan fingerprint density at radius 2 is 0.893 bits per heavy atom. The maximum Gasteiger partial charge on any atom is -0.0260 e. The van der Waals surface area contributed by atoms with Crippen molar-refractivity contribution in [2.75, 3.05) is 0 Å². The summed E-state index contributed by atoms with van der Waals surface area (Å²) in [7, 11) is 0. The molecule has 0 amide bonds. The summed E-state index contributed by atoms with van der Waals surface area (Å²) in [6.45, 7) is 2.30. The zero-order valence-electron chi connectivity index (χ0n) is 19.0. The molecule has 0 radical (unpaired) electrons. The van der Waals surface area contributed by atoms with E-state index in [1.54, 1.807) is 0 Å². The van der Waals surface area contributed by atoms with Gasteiger partial charge in [0.1, 0.15) is 0 Å². The first kappa shape index (κ1) is 25.0. The molecular weight excluding hydrogens is 336 g/mol. The van der Waals surface area contributed by atoms with Crippen LogP contribution in [0.5, 0.6) is 0 Å². The van der Waals surface area contributed by atoms with Crippen LogP contribution in [0.15, 0.2) is 36.4 Å². The fraction of sp³-hybridized carbons (Fsp3) is 0.714. The van der Waals surface area contributed by atoms with Gasteiger partial charge in [-0.15, -0.1) is 0 Å². The molecular formula is C28H48. The van der Waals surface area contributed by atoms with Gasteiger partial charge in [-0.25, -0.2) is 0 Å². The van der Waals surface area contributed by atoms with Crippen molar-refractivity contribution < 1.29 is 0 Å². The topological polar surface area (TPSA) is 0 Å². The summed E-state index contributed by atoms with van der Waals surface area (Å²) in [5.74, 6) is 0. The molecule has 0 N–H and O–H groups in total. The second-order valence-electron chi connectivity index (χ2n) is 8.61. The molecule has 1 aromatic rings. The summed E-state index contributed by atoms with van der Waals surface area (Å²) in [5, 5.41) is 0. The molecule has 160 valence electrons. The van der Waals surface area contributed by atoms with Crippen LogP contribution < -0.4 is 0 Å². The average Bonchev–Trinajstić information content (AvgIpc) is 2.73. The first-order chi connectivity index (χ1) is 13.9. The summed E-state index contributed by atoms with van der Waals surface area (Å²) in [5.41, 5.74) is 1.32. The number of benzene rings is 1. The number of unbranched alkanes of at least 4 members (excludes halogenated alkanes) is 18. The van der Waals surface area contributed by atoms with Crippen LogP contribution in [0.25, 0.3) is 6.08 Å².